The fourth-order valence-electron chi connectivity index (χ4n) is 3.13. The van der Waals surface area contributed by atoms with Crippen molar-refractivity contribution in [3.63, 3.8) is 0 Å². The van der Waals surface area contributed by atoms with E-state index in [-0.39, 0.29) is 46.2 Å². The van der Waals surface area contributed by atoms with Gasteiger partial charge in [-0.2, -0.15) is 0 Å². The first-order chi connectivity index (χ1) is 16.6. The first kappa shape index (κ1) is 30.1. The molecule has 1 N–H and O–H groups in total. The molecule has 1 amide bonds. The zero-order chi connectivity index (χ0) is 26.2. The summed E-state index contributed by atoms with van der Waals surface area (Å²) in [5.74, 6) is -2.47. The van der Waals surface area contributed by atoms with Crippen molar-refractivity contribution in [3.8, 4) is 0 Å². The average Bonchev–Trinajstić information content (AvgIpc) is 2.76. The van der Waals surface area contributed by atoms with E-state index in [1.54, 1.807) is 0 Å². The van der Waals surface area contributed by atoms with Gasteiger partial charge in [0.15, 0.2) is 18.5 Å². The molecular formula is C20H32N4O11. The maximum absolute atomic E-state index is 11.9. The maximum Gasteiger partial charge on any atom is 0.303 e. The van der Waals surface area contributed by atoms with Crippen LogP contribution in [-0.2, 0) is 52.3 Å². The number of amides is 1. The first-order valence-corrected chi connectivity index (χ1v) is 10.8. The predicted molar refractivity (Wildman–Crippen MR) is 116 cm³/mol. The fraction of sp³-hybridized carbons (Fsp3) is 0.800. The van der Waals surface area contributed by atoms with Crippen LogP contribution in [0.25, 0.3) is 10.4 Å². The van der Waals surface area contributed by atoms with Gasteiger partial charge >= 0.3 is 17.9 Å². The van der Waals surface area contributed by atoms with Gasteiger partial charge in [-0.05, 0) is 5.53 Å². The van der Waals surface area contributed by atoms with Crippen molar-refractivity contribution >= 4 is 23.8 Å². The summed E-state index contributed by atoms with van der Waals surface area (Å²) in [6.45, 7) is 5.60. The van der Waals surface area contributed by atoms with Gasteiger partial charge in [0.05, 0.1) is 33.0 Å². The molecule has 1 aliphatic heterocycles. The maximum atomic E-state index is 11.9. The summed E-state index contributed by atoms with van der Waals surface area (Å²) in [6, 6.07) is -1.04. The Morgan fingerprint density at radius 1 is 0.886 bits per heavy atom. The van der Waals surface area contributed by atoms with Crippen LogP contribution in [0.2, 0.25) is 0 Å². The summed E-state index contributed by atoms with van der Waals surface area (Å²) in [7, 11) is 0. The van der Waals surface area contributed by atoms with E-state index in [2.05, 4.69) is 15.3 Å². The van der Waals surface area contributed by atoms with Crippen molar-refractivity contribution in [2.75, 3.05) is 46.2 Å². The van der Waals surface area contributed by atoms with Crippen LogP contribution >= 0.6 is 0 Å². The number of carbonyl (C=O) groups is 4. The van der Waals surface area contributed by atoms with E-state index >= 15 is 0 Å². The van der Waals surface area contributed by atoms with Crippen molar-refractivity contribution in [2.24, 2.45) is 5.11 Å². The zero-order valence-electron chi connectivity index (χ0n) is 20.2. The molecule has 1 fully saturated rings. The normalized spacial score (nSPS) is 23.5. The second-order valence-corrected chi connectivity index (χ2v) is 7.27. The van der Waals surface area contributed by atoms with E-state index in [1.807, 2.05) is 0 Å². The third kappa shape index (κ3) is 12.3. The SMILES string of the molecule is CC(=O)NC1C(OCCOCCOCCN=[N+]=[N-])OC(COC(C)=O)C(OC(C)=O)C1OC(C)=O. The summed E-state index contributed by atoms with van der Waals surface area (Å²) >= 11 is 0. The lowest BCUT2D eigenvalue weighted by Gasteiger charge is -2.44. The minimum Gasteiger partial charge on any atom is -0.463 e. The lowest BCUT2D eigenvalue weighted by atomic mass is 9.96. The van der Waals surface area contributed by atoms with Gasteiger partial charge in [-0.15, -0.1) is 0 Å². The Balaban J connectivity index is 2.85. The molecule has 0 aliphatic carbocycles. The topological polar surface area (TPSA) is 194 Å². The van der Waals surface area contributed by atoms with Crippen LogP contribution in [0, 0.1) is 0 Å². The van der Waals surface area contributed by atoms with Crippen molar-refractivity contribution in [3.05, 3.63) is 10.4 Å². The standard InChI is InChI=1S/C20H32N4O11/c1-12(25)23-17-19(34-15(4)28)18(33-14(3)27)16(11-32-13(2)26)35-20(17)31-10-9-30-8-7-29-6-5-22-24-21/h16-20H,5-11H2,1-4H3,(H,23,25). The lowest BCUT2D eigenvalue weighted by molar-refractivity contribution is -0.279. The van der Waals surface area contributed by atoms with Crippen LogP contribution in [0.4, 0.5) is 0 Å². The lowest BCUT2D eigenvalue weighted by Crippen LogP contribution is -2.66. The van der Waals surface area contributed by atoms with Crippen molar-refractivity contribution in [1.82, 2.24) is 5.32 Å². The van der Waals surface area contributed by atoms with Crippen molar-refractivity contribution in [1.29, 1.82) is 0 Å². The van der Waals surface area contributed by atoms with E-state index < -0.39 is 54.5 Å². The number of hydrogen-bond acceptors (Lipinski definition) is 12. The average molecular weight is 504 g/mol. The molecular weight excluding hydrogens is 472 g/mol. The van der Waals surface area contributed by atoms with E-state index in [9.17, 15) is 19.2 Å². The molecule has 5 atom stereocenters. The molecule has 15 heteroatoms. The van der Waals surface area contributed by atoms with Gasteiger partial charge in [-0.1, -0.05) is 5.11 Å². The molecule has 0 bridgehead atoms. The van der Waals surface area contributed by atoms with Crippen molar-refractivity contribution in [2.45, 2.75) is 58.3 Å². The predicted octanol–water partition coefficient (Wildman–Crippen LogP) is 0.00260. The number of hydrogen-bond donors (Lipinski definition) is 1. The Hall–Kier alpha value is -2.97. The van der Waals surface area contributed by atoms with Gasteiger partial charge in [-0.3, -0.25) is 19.2 Å². The fourth-order valence-corrected chi connectivity index (χ4v) is 3.13. The Labute approximate surface area is 202 Å². The third-order valence-corrected chi connectivity index (χ3v) is 4.35. The number of nitrogens with one attached hydrogen (secondary N) is 1. The van der Waals surface area contributed by atoms with Crippen LogP contribution in [0.3, 0.4) is 0 Å². The van der Waals surface area contributed by atoms with Gasteiger partial charge in [0, 0.05) is 39.2 Å². The number of azide groups is 1. The highest BCUT2D eigenvalue weighted by Gasteiger charge is 2.51. The van der Waals surface area contributed by atoms with E-state index in [4.69, 9.17) is 38.7 Å². The molecule has 0 aromatic rings. The van der Waals surface area contributed by atoms with Crippen LogP contribution in [-0.4, -0.2) is 101 Å². The van der Waals surface area contributed by atoms with Gasteiger partial charge in [-0.25, -0.2) is 0 Å². The second-order valence-electron chi connectivity index (χ2n) is 7.27. The molecule has 35 heavy (non-hydrogen) atoms. The summed E-state index contributed by atoms with van der Waals surface area (Å²) in [5.41, 5.74) is 8.19. The van der Waals surface area contributed by atoms with E-state index in [0.717, 1.165) is 13.8 Å². The highest BCUT2D eigenvalue weighted by molar-refractivity contribution is 5.73. The van der Waals surface area contributed by atoms with Crippen molar-refractivity contribution < 1.29 is 52.3 Å². The summed E-state index contributed by atoms with van der Waals surface area (Å²) in [6.07, 6.45) is -4.58. The van der Waals surface area contributed by atoms with Gasteiger partial charge < -0.3 is 38.5 Å². The van der Waals surface area contributed by atoms with Gasteiger partial charge in [0.25, 0.3) is 0 Å². The molecule has 0 spiro atoms. The van der Waals surface area contributed by atoms with Crippen LogP contribution < -0.4 is 5.32 Å². The molecule has 5 unspecified atom stereocenters. The molecule has 0 saturated carbocycles. The smallest absolute Gasteiger partial charge is 0.303 e. The molecule has 198 valence electrons. The van der Waals surface area contributed by atoms with Crippen LogP contribution in [0.1, 0.15) is 27.7 Å². The molecule has 15 nitrogen and oxygen atoms in total. The number of ether oxygens (including phenoxy) is 7. The molecule has 1 heterocycles. The van der Waals surface area contributed by atoms with Crippen LogP contribution in [0.5, 0.6) is 0 Å². The third-order valence-electron chi connectivity index (χ3n) is 4.35. The minimum atomic E-state index is -1.19. The molecule has 1 aliphatic rings. The highest BCUT2D eigenvalue weighted by Crippen LogP contribution is 2.28. The quantitative estimate of drug-likeness (QED) is 0.0787. The van der Waals surface area contributed by atoms with E-state index in [1.165, 1.54) is 13.8 Å². The highest BCUT2D eigenvalue weighted by atomic mass is 16.7. The molecule has 0 radical (unpaired) electrons. The zero-order valence-corrected chi connectivity index (χ0v) is 20.2. The first-order valence-electron chi connectivity index (χ1n) is 10.8. The summed E-state index contributed by atoms with van der Waals surface area (Å²) in [5, 5.41) is 5.94. The monoisotopic (exact) mass is 504 g/mol. The number of nitrogens with zero attached hydrogens (tertiary/aromatic N) is 3. The second kappa shape index (κ2) is 16.6. The Bertz CT molecular complexity index is 759. The molecule has 1 rings (SSSR count). The molecule has 1 saturated heterocycles. The largest absolute Gasteiger partial charge is 0.463 e. The number of esters is 3. The Morgan fingerprint density at radius 3 is 2.06 bits per heavy atom. The Kier molecular flexibility index (Phi) is 14.3. The van der Waals surface area contributed by atoms with Gasteiger partial charge in [0.2, 0.25) is 5.91 Å². The summed E-state index contributed by atoms with van der Waals surface area (Å²) in [4.78, 5) is 49.3. The van der Waals surface area contributed by atoms with E-state index in [0.29, 0.717) is 0 Å². The van der Waals surface area contributed by atoms with Crippen LogP contribution in [0.15, 0.2) is 5.11 Å². The molecule has 0 aromatic heterocycles. The molecule has 0 aromatic carbocycles. The summed E-state index contributed by atoms with van der Waals surface area (Å²) < 4.78 is 37.9. The number of rotatable bonds is 15. The van der Waals surface area contributed by atoms with Gasteiger partial charge in [0.1, 0.15) is 18.8 Å². The minimum absolute atomic E-state index is 0.0186. The Morgan fingerprint density at radius 2 is 1.49 bits per heavy atom. The number of carbonyl (C=O) groups excluding carboxylic acids is 4.